The molecule has 0 saturated heterocycles. The summed E-state index contributed by atoms with van der Waals surface area (Å²) in [5.41, 5.74) is 3.13. The van der Waals surface area contributed by atoms with Crippen molar-refractivity contribution in [3.05, 3.63) is 48.2 Å². The van der Waals surface area contributed by atoms with Gasteiger partial charge in [-0.1, -0.05) is 50.8 Å². The Bertz CT molecular complexity index is 609. The highest BCUT2D eigenvalue weighted by molar-refractivity contribution is 6.05. The number of hydrogen-bond acceptors (Lipinski definition) is 2. The van der Waals surface area contributed by atoms with Crippen LogP contribution >= 0.6 is 0 Å². The van der Waals surface area contributed by atoms with Crippen LogP contribution in [0.3, 0.4) is 0 Å². The fourth-order valence-electron chi connectivity index (χ4n) is 2.10. The van der Waals surface area contributed by atoms with Gasteiger partial charge in [0.05, 0.1) is 11.3 Å². The number of nitrogens with zero attached hydrogens (tertiary/aromatic N) is 2. The van der Waals surface area contributed by atoms with Crippen molar-refractivity contribution in [1.82, 2.24) is 9.78 Å². The van der Waals surface area contributed by atoms with Crippen LogP contribution in [0.15, 0.2) is 36.9 Å². The van der Waals surface area contributed by atoms with E-state index in [2.05, 4.69) is 11.7 Å². The monoisotopic (exact) mass is 254 g/mol. The van der Waals surface area contributed by atoms with E-state index in [1.807, 2.05) is 51.2 Å². The number of carbonyl (C=O) groups is 1. The highest BCUT2D eigenvalue weighted by Crippen LogP contribution is 2.27. The third-order valence-electron chi connectivity index (χ3n) is 3.10. The van der Waals surface area contributed by atoms with Crippen molar-refractivity contribution >= 4 is 11.9 Å². The Morgan fingerprint density at radius 3 is 2.47 bits per heavy atom. The largest absolute Gasteiger partial charge is 0.294 e. The van der Waals surface area contributed by atoms with Gasteiger partial charge in [0.1, 0.15) is 5.69 Å². The molecule has 0 spiro atoms. The van der Waals surface area contributed by atoms with E-state index in [-0.39, 0.29) is 11.7 Å². The third-order valence-corrected chi connectivity index (χ3v) is 3.10. The maximum absolute atomic E-state index is 12.4. The van der Waals surface area contributed by atoms with E-state index in [1.165, 1.54) is 0 Å². The maximum Gasteiger partial charge on any atom is 0.169 e. The predicted molar refractivity (Wildman–Crippen MR) is 77.9 cm³/mol. The first-order valence-electron chi connectivity index (χ1n) is 6.35. The van der Waals surface area contributed by atoms with Crippen LogP contribution in [0.25, 0.3) is 17.3 Å². The van der Waals surface area contributed by atoms with Gasteiger partial charge in [-0.3, -0.25) is 9.48 Å². The average molecular weight is 254 g/mol. The van der Waals surface area contributed by atoms with Crippen LogP contribution in [0, 0.1) is 5.92 Å². The molecule has 0 aliphatic rings. The summed E-state index contributed by atoms with van der Waals surface area (Å²) in [6.07, 6.45) is 1.69. The van der Waals surface area contributed by atoms with Crippen LogP contribution in [-0.4, -0.2) is 15.6 Å². The summed E-state index contributed by atoms with van der Waals surface area (Å²) >= 11 is 0. The first-order valence-corrected chi connectivity index (χ1v) is 6.35. The summed E-state index contributed by atoms with van der Waals surface area (Å²) in [6.45, 7) is 7.59. The van der Waals surface area contributed by atoms with Gasteiger partial charge in [-0.15, -0.1) is 0 Å². The smallest absolute Gasteiger partial charge is 0.169 e. The van der Waals surface area contributed by atoms with E-state index in [0.29, 0.717) is 5.56 Å². The number of ketones is 1. The molecule has 0 unspecified atom stereocenters. The SMILES string of the molecule is C=Cc1c(C(=O)C(C)C)c(-c2ccccc2)nn1C. The van der Waals surface area contributed by atoms with Gasteiger partial charge < -0.3 is 0 Å². The van der Waals surface area contributed by atoms with Crippen molar-refractivity contribution in [2.24, 2.45) is 13.0 Å². The number of rotatable bonds is 4. The summed E-state index contributed by atoms with van der Waals surface area (Å²) in [5, 5.41) is 4.48. The van der Waals surface area contributed by atoms with Crippen molar-refractivity contribution in [2.45, 2.75) is 13.8 Å². The number of aryl methyl sites for hydroxylation is 1. The molecule has 0 fully saturated rings. The number of carbonyl (C=O) groups excluding carboxylic acids is 1. The third kappa shape index (κ3) is 2.36. The lowest BCUT2D eigenvalue weighted by Crippen LogP contribution is -2.10. The second kappa shape index (κ2) is 5.22. The molecule has 98 valence electrons. The van der Waals surface area contributed by atoms with E-state index < -0.39 is 0 Å². The Labute approximate surface area is 113 Å². The van der Waals surface area contributed by atoms with Crippen LogP contribution in [0.1, 0.15) is 29.9 Å². The number of Topliss-reactive ketones (excluding diaryl/α,β-unsaturated/α-hetero) is 1. The maximum atomic E-state index is 12.4. The Morgan fingerprint density at radius 1 is 1.32 bits per heavy atom. The van der Waals surface area contributed by atoms with Crippen molar-refractivity contribution in [3.8, 4) is 11.3 Å². The van der Waals surface area contributed by atoms with E-state index in [1.54, 1.807) is 10.8 Å². The lowest BCUT2D eigenvalue weighted by atomic mass is 9.96. The van der Waals surface area contributed by atoms with E-state index in [9.17, 15) is 4.79 Å². The Kier molecular flexibility index (Phi) is 3.65. The summed E-state index contributed by atoms with van der Waals surface area (Å²) in [6, 6.07) is 9.77. The molecule has 19 heavy (non-hydrogen) atoms. The first-order chi connectivity index (χ1) is 9.06. The van der Waals surface area contributed by atoms with Crippen LogP contribution in [0.4, 0.5) is 0 Å². The molecule has 3 heteroatoms. The topological polar surface area (TPSA) is 34.9 Å². The lowest BCUT2D eigenvalue weighted by Gasteiger charge is -2.06. The van der Waals surface area contributed by atoms with E-state index in [0.717, 1.165) is 17.0 Å². The Morgan fingerprint density at radius 2 is 1.95 bits per heavy atom. The number of benzene rings is 1. The molecule has 1 aromatic carbocycles. The summed E-state index contributed by atoms with van der Waals surface area (Å²) < 4.78 is 1.71. The molecular weight excluding hydrogens is 236 g/mol. The number of aromatic nitrogens is 2. The summed E-state index contributed by atoms with van der Waals surface area (Å²) in [5.74, 6) is 0.0345. The molecule has 0 bridgehead atoms. The second-order valence-electron chi connectivity index (χ2n) is 4.82. The standard InChI is InChI=1S/C16H18N2O/c1-5-13-14(16(19)11(2)3)15(17-18(13)4)12-9-7-6-8-10-12/h5-11H,1H2,2-4H3. The molecule has 0 atom stereocenters. The minimum Gasteiger partial charge on any atom is -0.294 e. The highest BCUT2D eigenvalue weighted by Gasteiger charge is 2.23. The number of hydrogen-bond donors (Lipinski definition) is 0. The second-order valence-corrected chi connectivity index (χ2v) is 4.82. The van der Waals surface area contributed by atoms with Gasteiger partial charge >= 0.3 is 0 Å². The van der Waals surface area contributed by atoms with Gasteiger partial charge in [0, 0.05) is 18.5 Å². The van der Waals surface area contributed by atoms with Crippen molar-refractivity contribution in [2.75, 3.05) is 0 Å². The molecule has 1 heterocycles. The molecule has 2 aromatic rings. The first kappa shape index (κ1) is 13.3. The van der Waals surface area contributed by atoms with E-state index in [4.69, 9.17) is 0 Å². The fraction of sp³-hybridized carbons (Fsp3) is 0.250. The van der Waals surface area contributed by atoms with Crippen LogP contribution < -0.4 is 0 Å². The molecule has 0 radical (unpaired) electrons. The summed E-state index contributed by atoms with van der Waals surface area (Å²) in [4.78, 5) is 12.4. The van der Waals surface area contributed by atoms with Gasteiger partial charge in [-0.05, 0) is 6.08 Å². The van der Waals surface area contributed by atoms with Gasteiger partial charge in [0.2, 0.25) is 0 Å². The molecule has 0 N–H and O–H groups in total. The van der Waals surface area contributed by atoms with Crippen molar-refractivity contribution in [3.63, 3.8) is 0 Å². The van der Waals surface area contributed by atoms with E-state index >= 15 is 0 Å². The molecule has 0 aliphatic carbocycles. The van der Waals surface area contributed by atoms with Crippen LogP contribution in [-0.2, 0) is 7.05 Å². The minimum atomic E-state index is -0.0645. The Hall–Kier alpha value is -2.16. The zero-order valence-corrected chi connectivity index (χ0v) is 11.6. The molecule has 0 saturated carbocycles. The molecule has 1 aromatic heterocycles. The minimum absolute atomic E-state index is 0.0645. The van der Waals surface area contributed by atoms with Gasteiger partial charge in [0.25, 0.3) is 0 Å². The molecule has 2 rings (SSSR count). The van der Waals surface area contributed by atoms with Gasteiger partial charge in [-0.2, -0.15) is 5.10 Å². The summed E-state index contributed by atoms with van der Waals surface area (Å²) in [7, 11) is 1.83. The van der Waals surface area contributed by atoms with Crippen molar-refractivity contribution < 1.29 is 4.79 Å². The zero-order valence-electron chi connectivity index (χ0n) is 11.6. The fourth-order valence-corrected chi connectivity index (χ4v) is 2.10. The molecule has 0 amide bonds. The molecule has 0 aliphatic heterocycles. The Balaban J connectivity index is 2.68. The van der Waals surface area contributed by atoms with Crippen molar-refractivity contribution in [1.29, 1.82) is 0 Å². The normalized spacial score (nSPS) is 10.7. The zero-order chi connectivity index (χ0) is 14.0. The van der Waals surface area contributed by atoms with Crippen LogP contribution in [0.2, 0.25) is 0 Å². The average Bonchev–Trinajstić information content (AvgIpc) is 2.75. The van der Waals surface area contributed by atoms with Gasteiger partial charge in [0.15, 0.2) is 5.78 Å². The van der Waals surface area contributed by atoms with Gasteiger partial charge in [-0.25, -0.2) is 0 Å². The predicted octanol–water partition coefficient (Wildman–Crippen LogP) is 3.57. The molecular formula is C16H18N2O. The van der Waals surface area contributed by atoms with Crippen LogP contribution in [0.5, 0.6) is 0 Å². The highest BCUT2D eigenvalue weighted by atomic mass is 16.1. The lowest BCUT2D eigenvalue weighted by molar-refractivity contribution is 0.0940. The molecule has 3 nitrogen and oxygen atoms in total. The quantitative estimate of drug-likeness (QED) is 0.782.